The molecule has 0 spiro atoms. The molecule has 2 heterocycles. The molecular weight excluding hydrogens is 376 g/mol. The van der Waals surface area contributed by atoms with Gasteiger partial charge in [0.25, 0.3) is 0 Å². The van der Waals surface area contributed by atoms with Gasteiger partial charge in [-0.05, 0) is 61.9 Å². The summed E-state index contributed by atoms with van der Waals surface area (Å²) in [6.07, 6.45) is 0. The molecule has 2 aromatic carbocycles. The van der Waals surface area contributed by atoms with E-state index in [1.54, 1.807) is 11.3 Å². The van der Waals surface area contributed by atoms with Crippen molar-refractivity contribution in [3.8, 4) is 21.6 Å². The number of hydrogen-bond acceptors (Lipinski definition) is 2. The standard InChI is InChI=1S/2C13H14S/c1-10(2)12-8-14-9-13(12)11-6-4-3-5-7-11;1-10(2)12-8-9-14-13(12)11-6-4-3-5-7-11/h2*3-10H,1-2H3. The Hall–Kier alpha value is -2.16. The fourth-order valence-electron chi connectivity index (χ4n) is 3.20. The van der Waals surface area contributed by atoms with Crippen LogP contribution in [0.25, 0.3) is 21.6 Å². The molecule has 4 rings (SSSR count). The van der Waals surface area contributed by atoms with E-state index in [9.17, 15) is 0 Å². The van der Waals surface area contributed by atoms with Gasteiger partial charge in [-0.2, -0.15) is 11.3 Å². The van der Waals surface area contributed by atoms with Gasteiger partial charge in [0.15, 0.2) is 0 Å². The van der Waals surface area contributed by atoms with Gasteiger partial charge >= 0.3 is 0 Å². The summed E-state index contributed by atoms with van der Waals surface area (Å²) in [5.41, 5.74) is 6.98. The fraction of sp³-hybridized carbons (Fsp3) is 0.231. The highest BCUT2D eigenvalue weighted by molar-refractivity contribution is 7.13. The maximum Gasteiger partial charge on any atom is 0.0377 e. The summed E-state index contributed by atoms with van der Waals surface area (Å²) >= 11 is 3.62. The van der Waals surface area contributed by atoms with E-state index >= 15 is 0 Å². The van der Waals surface area contributed by atoms with E-state index in [0.717, 1.165) is 0 Å². The van der Waals surface area contributed by atoms with Crippen molar-refractivity contribution in [3.63, 3.8) is 0 Å². The summed E-state index contributed by atoms with van der Waals surface area (Å²) in [6.45, 7) is 8.98. The van der Waals surface area contributed by atoms with Crippen molar-refractivity contribution in [1.82, 2.24) is 0 Å². The zero-order chi connectivity index (χ0) is 19.9. The molecule has 0 saturated heterocycles. The maximum absolute atomic E-state index is 2.26. The van der Waals surface area contributed by atoms with Crippen LogP contribution >= 0.6 is 22.7 Å². The lowest BCUT2D eigenvalue weighted by Crippen LogP contribution is -1.86. The van der Waals surface area contributed by atoms with Crippen LogP contribution in [-0.2, 0) is 0 Å². The Morgan fingerprint density at radius 2 is 1.18 bits per heavy atom. The van der Waals surface area contributed by atoms with Crippen LogP contribution in [0, 0.1) is 0 Å². The number of hydrogen-bond donors (Lipinski definition) is 0. The molecular formula is C26H28S2. The Morgan fingerprint density at radius 1 is 0.607 bits per heavy atom. The SMILES string of the molecule is CC(C)c1ccsc1-c1ccccc1.CC(C)c1cscc1-c1ccccc1. The zero-order valence-electron chi connectivity index (χ0n) is 17.1. The molecule has 0 N–H and O–H groups in total. The van der Waals surface area contributed by atoms with Crippen molar-refractivity contribution in [3.05, 3.63) is 94.0 Å². The molecule has 0 nitrogen and oxygen atoms in total. The van der Waals surface area contributed by atoms with Crippen LogP contribution in [0.1, 0.15) is 50.7 Å². The summed E-state index contributed by atoms with van der Waals surface area (Å²) in [7, 11) is 0. The summed E-state index contributed by atoms with van der Waals surface area (Å²) in [6, 6.07) is 23.4. The van der Waals surface area contributed by atoms with E-state index in [-0.39, 0.29) is 0 Å². The first kappa shape index (κ1) is 20.6. The summed E-state index contributed by atoms with van der Waals surface area (Å²) in [5, 5.41) is 6.68. The zero-order valence-corrected chi connectivity index (χ0v) is 18.7. The van der Waals surface area contributed by atoms with Crippen molar-refractivity contribution in [2.75, 3.05) is 0 Å². The molecule has 0 atom stereocenters. The van der Waals surface area contributed by atoms with Gasteiger partial charge in [-0.1, -0.05) is 88.4 Å². The van der Waals surface area contributed by atoms with Crippen LogP contribution < -0.4 is 0 Å². The summed E-state index contributed by atoms with van der Waals surface area (Å²) < 4.78 is 0. The van der Waals surface area contributed by atoms with Crippen molar-refractivity contribution in [1.29, 1.82) is 0 Å². The van der Waals surface area contributed by atoms with Crippen molar-refractivity contribution >= 4 is 22.7 Å². The van der Waals surface area contributed by atoms with Crippen molar-refractivity contribution < 1.29 is 0 Å². The average Bonchev–Trinajstić information content (AvgIpc) is 3.40. The first-order valence-electron chi connectivity index (χ1n) is 9.82. The lowest BCUT2D eigenvalue weighted by atomic mass is 9.97. The van der Waals surface area contributed by atoms with Crippen LogP contribution in [0.3, 0.4) is 0 Å². The van der Waals surface area contributed by atoms with E-state index in [1.807, 2.05) is 11.3 Å². The Balaban J connectivity index is 0.000000161. The van der Waals surface area contributed by atoms with Gasteiger partial charge < -0.3 is 0 Å². The van der Waals surface area contributed by atoms with E-state index in [0.29, 0.717) is 11.8 Å². The van der Waals surface area contributed by atoms with Gasteiger partial charge in [0.2, 0.25) is 0 Å². The predicted octanol–water partition coefficient (Wildman–Crippen LogP) is 9.08. The molecule has 4 aromatic rings. The van der Waals surface area contributed by atoms with Crippen molar-refractivity contribution in [2.45, 2.75) is 39.5 Å². The monoisotopic (exact) mass is 404 g/mol. The molecule has 0 aliphatic heterocycles. The number of benzene rings is 2. The molecule has 28 heavy (non-hydrogen) atoms. The van der Waals surface area contributed by atoms with E-state index in [1.165, 1.54) is 32.7 Å². The highest BCUT2D eigenvalue weighted by atomic mass is 32.1. The Bertz CT molecular complexity index is 878. The lowest BCUT2D eigenvalue weighted by Gasteiger charge is -2.06. The minimum absolute atomic E-state index is 0.608. The highest BCUT2D eigenvalue weighted by Crippen LogP contribution is 2.34. The van der Waals surface area contributed by atoms with Gasteiger partial charge in [-0.25, -0.2) is 0 Å². The first-order valence-corrected chi connectivity index (χ1v) is 11.6. The second-order valence-electron chi connectivity index (χ2n) is 7.49. The molecule has 0 saturated carbocycles. The molecule has 0 aliphatic rings. The molecule has 0 radical (unpaired) electrons. The third kappa shape index (κ3) is 5.01. The quantitative estimate of drug-likeness (QED) is 0.318. The molecule has 2 heteroatoms. The molecule has 2 aromatic heterocycles. The third-order valence-electron chi connectivity index (χ3n) is 4.75. The minimum atomic E-state index is 0.608. The fourth-order valence-corrected chi connectivity index (χ4v) is 5.29. The molecule has 144 valence electrons. The third-order valence-corrected chi connectivity index (χ3v) is 6.49. The van der Waals surface area contributed by atoms with Crippen LogP contribution in [-0.4, -0.2) is 0 Å². The summed E-state index contributed by atoms with van der Waals surface area (Å²) in [4.78, 5) is 1.42. The Labute approximate surface area is 177 Å². The van der Waals surface area contributed by atoms with Gasteiger partial charge in [0.05, 0.1) is 0 Å². The van der Waals surface area contributed by atoms with E-state index in [2.05, 4.69) is 111 Å². The van der Waals surface area contributed by atoms with Gasteiger partial charge in [-0.15, -0.1) is 11.3 Å². The lowest BCUT2D eigenvalue weighted by molar-refractivity contribution is 0.874. The molecule has 0 bridgehead atoms. The van der Waals surface area contributed by atoms with Gasteiger partial charge in [0.1, 0.15) is 0 Å². The normalized spacial score (nSPS) is 10.8. The maximum atomic E-state index is 2.26. The molecule has 0 fully saturated rings. The Kier molecular flexibility index (Phi) is 7.24. The van der Waals surface area contributed by atoms with Gasteiger partial charge in [-0.3, -0.25) is 0 Å². The average molecular weight is 405 g/mol. The van der Waals surface area contributed by atoms with Crippen LogP contribution in [0.5, 0.6) is 0 Å². The van der Waals surface area contributed by atoms with Crippen LogP contribution in [0.4, 0.5) is 0 Å². The van der Waals surface area contributed by atoms with Crippen LogP contribution in [0.15, 0.2) is 82.9 Å². The van der Waals surface area contributed by atoms with Crippen LogP contribution in [0.2, 0.25) is 0 Å². The molecule has 0 aliphatic carbocycles. The minimum Gasteiger partial charge on any atom is -0.151 e. The number of thiophene rings is 2. The van der Waals surface area contributed by atoms with Gasteiger partial charge in [0, 0.05) is 4.88 Å². The topological polar surface area (TPSA) is 0 Å². The largest absolute Gasteiger partial charge is 0.151 e. The first-order chi connectivity index (χ1) is 13.6. The van der Waals surface area contributed by atoms with E-state index in [4.69, 9.17) is 0 Å². The highest BCUT2D eigenvalue weighted by Gasteiger charge is 2.09. The number of rotatable bonds is 4. The van der Waals surface area contributed by atoms with Crippen molar-refractivity contribution in [2.24, 2.45) is 0 Å². The second-order valence-corrected chi connectivity index (χ2v) is 9.15. The molecule has 0 unspecified atom stereocenters. The molecule has 0 amide bonds. The second kappa shape index (κ2) is 9.86. The predicted molar refractivity (Wildman–Crippen MR) is 128 cm³/mol. The smallest absolute Gasteiger partial charge is 0.0377 e. The van der Waals surface area contributed by atoms with E-state index < -0.39 is 0 Å². The summed E-state index contributed by atoms with van der Waals surface area (Å²) in [5.74, 6) is 1.22. The Morgan fingerprint density at radius 3 is 1.75 bits per heavy atom.